The van der Waals surface area contributed by atoms with Crippen LogP contribution in [0.25, 0.3) is 0 Å². The lowest BCUT2D eigenvalue weighted by molar-refractivity contribution is -0.110. The molecular formula is C22H29FN2O4. The van der Waals surface area contributed by atoms with Crippen LogP contribution in [0, 0.1) is 11.2 Å². The second-order valence-corrected chi connectivity index (χ2v) is 9.71. The highest BCUT2D eigenvalue weighted by molar-refractivity contribution is 5.89. The number of amides is 1. The number of carbonyl (C=O) groups is 2. The van der Waals surface area contributed by atoms with E-state index in [-0.39, 0.29) is 22.9 Å². The lowest BCUT2D eigenvalue weighted by atomic mass is 9.60. The predicted octanol–water partition coefficient (Wildman–Crippen LogP) is 3.37. The van der Waals surface area contributed by atoms with Crippen molar-refractivity contribution in [3.05, 3.63) is 34.6 Å². The van der Waals surface area contributed by atoms with E-state index in [1.165, 1.54) is 13.2 Å². The molecule has 1 aliphatic carbocycles. The topological polar surface area (TPSA) is 59.1 Å². The summed E-state index contributed by atoms with van der Waals surface area (Å²) in [6.07, 6.45) is 2.55. The van der Waals surface area contributed by atoms with Crippen molar-refractivity contribution in [1.82, 2.24) is 9.80 Å². The van der Waals surface area contributed by atoms with E-state index >= 15 is 0 Å². The second-order valence-electron chi connectivity index (χ2n) is 9.71. The van der Waals surface area contributed by atoms with Gasteiger partial charge in [0.2, 0.25) is 0 Å². The van der Waals surface area contributed by atoms with Gasteiger partial charge in [0.15, 0.2) is 0 Å². The molecule has 4 rings (SSSR count). The van der Waals surface area contributed by atoms with Crippen molar-refractivity contribution in [2.75, 3.05) is 26.7 Å². The van der Waals surface area contributed by atoms with Crippen molar-refractivity contribution in [1.29, 1.82) is 0 Å². The number of ether oxygens (including phenoxy) is 2. The Balaban J connectivity index is 1.33. The molecule has 0 atom stereocenters. The van der Waals surface area contributed by atoms with Gasteiger partial charge < -0.3 is 14.4 Å². The van der Waals surface area contributed by atoms with E-state index in [1.54, 1.807) is 11.0 Å². The van der Waals surface area contributed by atoms with E-state index in [4.69, 9.17) is 9.47 Å². The number of hydrogen-bond acceptors (Lipinski definition) is 5. The molecule has 2 heterocycles. The predicted molar refractivity (Wildman–Crippen MR) is 105 cm³/mol. The molecule has 1 saturated carbocycles. The van der Waals surface area contributed by atoms with Gasteiger partial charge in [0.25, 0.3) is 0 Å². The fourth-order valence-corrected chi connectivity index (χ4v) is 4.86. The summed E-state index contributed by atoms with van der Waals surface area (Å²) in [5.74, 6) is -0.837. The van der Waals surface area contributed by atoms with Gasteiger partial charge in [-0.05, 0) is 57.7 Å². The zero-order valence-electron chi connectivity index (χ0n) is 17.6. The summed E-state index contributed by atoms with van der Waals surface area (Å²) in [7, 11) is 1.30. The van der Waals surface area contributed by atoms with Crippen LogP contribution in [-0.4, -0.2) is 60.2 Å². The average Bonchev–Trinajstić information content (AvgIpc) is 2.57. The van der Waals surface area contributed by atoms with E-state index in [2.05, 4.69) is 4.90 Å². The minimum Gasteiger partial charge on any atom is -0.465 e. The maximum Gasteiger partial charge on any atom is 0.410 e. The summed E-state index contributed by atoms with van der Waals surface area (Å²) >= 11 is 0. The molecule has 1 amide bonds. The molecule has 7 heteroatoms. The molecule has 1 spiro atoms. The maximum absolute atomic E-state index is 14.6. The monoisotopic (exact) mass is 404 g/mol. The zero-order valence-corrected chi connectivity index (χ0v) is 17.6. The maximum atomic E-state index is 14.6. The van der Waals surface area contributed by atoms with Gasteiger partial charge in [0.1, 0.15) is 11.4 Å². The number of esters is 1. The van der Waals surface area contributed by atoms with Crippen LogP contribution in [0.2, 0.25) is 0 Å². The molecule has 2 fully saturated rings. The minimum absolute atomic E-state index is 0.204. The van der Waals surface area contributed by atoms with E-state index in [1.807, 2.05) is 20.8 Å². The van der Waals surface area contributed by atoms with Gasteiger partial charge in [-0.3, -0.25) is 4.90 Å². The van der Waals surface area contributed by atoms with E-state index < -0.39 is 11.6 Å². The number of methoxy groups -OCH3 is 1. The lowest BCUT2D eigenvalue weighted by Gasteiger charge is -2.61. The highest BCUT2D eigenvalue weighted by Gasteiger charge is 2.55. The Morgan fingerprint density at radius 2 is 1.90 bits per heavy atom. The third kappa shape index (κ3) is 3.84. The number of carbonyl (C=O) groups excluding carboxylic acids is 2. The number of benzene rings is 1. The number of nitrogens with zero attached hydrogens (tertiary/aromatic N) is 2. The smallest absolute Gasteiger partial charge is 0.410 e. The zero-order chi connectivity index (χ0) is 21.0. The Kier molecular flexibility index (Phi) is 4.84. The summed E-state index contributed by atoms with van der Waals surface area (Å²) in [6.45, 7) is 8.55. The van der Waals surface area contributed by atoms with Crippen molar-refractivity contribution in [3.63, 3.8) is 0 Å². The molecule has 0 bridgehead atoms. The standard InChI is InChI=1S/C22H29FN2O4/c1-21(2,3)29-20(27)25-12-22(13-25)9-16(10-22)24-6-5-14-7-15(19(26)28-4)8-18(23)17(14)11-24/h7-8,16H,5-6,9-13H2,1-4H3. The molecule has 2 aliphatic heterocycles. The summed E-state index contributed by atoms with van der Waals surface area (Å²) in [5, 5.41) is 0. The fourth-order valence-electron chi connectivity index (χ4n) is 4.86. The van der Waals surface area contributed by atoms with Gasteiger partial charge in [-0.2, -0.15) is 0 Å². The Morgan fingerprint density at radius 1 is 1.21 bits per heavy atom. The molecule has 1 aromatic carbocycles. The highest BCUT2D eigenvalue weighted by Crippen LogP contribution is 2.51. The summed E-state index contributed by atoms with van der Waals surface area (Å²) in [6, 6.07) is 3.46. The molecule has 1 saturated heterocycles. The van der Waals surface area contributed by atoms with Crippen LogP contribution in [0.3, 0.4) is 0 Å². The van der Waals surface area contributed by atoms with Crippen LogP contribution < -0.4 is 0 Å². The van der Waals surface area contributed by atoms with E-state index in [0.717, 1.165) is 44.5 Å². The van der Waals surface area contributed by atoms with Crippen LogP contribution in [0.5, 0.6) is 0 Å². The van der Waals surface area contributed by atoms with Crippen molar-refractivity contribution < 1.29 is 23.5 Å². The first-order chi connectivity index (χ1) is 13.6. The third-order valence-electron chi connectivity index (χ3n) is 6.30. The number of halogens is 1. The van der Waals surface area contributed by atoms with Crippen molar-refractivity contribution >= 4 is 12.1 Å². The second kappa shape index (κ2) is 6.97. The van der Waals surface area contributed by atoms with Crippen LogP contribution in [0.1, 0.15) is 55.1 Å². The molecule has 29 heavy (non-hydrogen) atoms. The summed E-state index contributed by atoms with van der Waals surface area (Å²) in [5.41, 5.74) is 1.59. The van der Waals surface area contributed by atoms with Crippen LogP contribution in [-0.2, 0) is 22.4 Å². The van der Waals surface area contributed by atoms with Gasteiger partial charge in [-0.25, -0.2) is 14.0 Å². The quantitative estimate of drug-likeness (QED) is 0.708. The van der Waals surface area contributed by atoms with Crippen molar-refractivity contribution in [2.24, 2.45) is 5.41 Å². The van der Waals surface area contributed by atoms with E-state index in [0.29, 0.717) is 18.2 Å². The largest absolute Gasteiger partial charge is 0.465 e. The van der Waals surface area contributed by atoms with E-state index in [9.17, 15) is 14.0 Å². The average molecular weight is 404 g/mol. The minimum atomic E-state index is -0.505. The van der Waals surface area contributed by atoms with Crippen molar-refractivity contribution in [2.45, 2.75) is 58.2 Å². The van der Waals surface area contributed by atoms with Crippen LogP contribution in [0.15, 0.2) is 12.1 Å². The van der Waals surface area contributed by atoms with Crippen molar-refractivity contribution in [3.8, 4) is 0 Å². The third-order valence-corrected chi connectivity index (χ3v) is 6.30. The number of fused-ring (bicyclic) bond motifs is 1. The molecule has 1 aromatic rings. The van der Waals surface area contributed by atoms with Gasteiger partial charge in [-0.15, -0.1) is 0 Å². The molecule has 0 radical (unpaired) electrons. The number of hydrogen-bond donors (Lipinski definition) is 0. The lowest BCUT2D eigenvalue weighted by Crippen LogP contribution is -2.68. The Hall–Kier alpha value is -2.15. The molecule has 0 unspecified atom stereocenters. The molecular weight excluding hydrogens is 375 g/mol. The molecule has 0 N–H and O–H groups in total. The molecule has 0 aromatic heterocycles. The fraction of sp³-hybridized carbons (Fsp3) is 0.636. The first-order valence-corrected chi connectivity index (χ1v) is 10.2. The summed E-state index contributed by atoms with van der Waals surface area (Å²) in [4.78, 5) is 28.0. The molecule has 6 nitrogen and oxygen atoms in total. The summed E-state index contributed by atoms with van der Waals surface area (Å²) < 4.78 is 24.7. The SMILES string of the molecule is COC(=O)c1cc(F)c2c(c1)CCN(C1CC3(C1)CN(C(=O)OC(C)(C)C)C3)C2. The highest BCUT2D eigenvalue weighted by atomic mass is 19.1. The number of likely N-dealkylation sites (tertiary alicyclic amines) is 1. The Labute approximate surface area is 170 Å². The number of rotatable bonds is 2. The Morgan fingerprint density at radius 3 is 2.52 bits per heavy atom. The molecule has 158 valence electrons. The van der Waals surface area contributed by atoms with Gasteiger partial charge in [0, 0.05) is 43.2 Å². The van der Waals surface area contributed by atoms with Gasteiger partial charge >= 0.3 is 12.1 Å². The first kappa shape index (κ1) is 20.1. The van der Waals surface area contributed by atoms with Crippen LogP contribution in [0.4, 0.5) is 9.18 Å². The molecule has 3 aliphatic rings. The normalized spacial score (nSPS) is 21.2. The first-order valence-electron chi connectivity index (χ1n) is 10.2. The Bertz CT molecular complexity index is 834. The van der Waals surface area contributed by atoms with Gasteiger partial charge in [-0.1, -0.05) is 0 Å². The van der Waals surface area contributed by atoms with Gasteiger partial charge in [0.05, 0.1) is 12.7 Å². The van der Waals surface area contributed by atoms with Crippen LogP contribution >= 0.6 is 0 Å².